The van der Waals surface area contributed by atoms with Gasteiger partial charge in [0, 0.05) is 18.4 Å². The van der Waals surface area contributed by atoms with Gasteiger partial charge in [-0.2, -0.15) is 20.2 Å². The largest absolute Gasteiger partial charge is 0.354 e. The number of carbonyl (C=O) groups excluding carboxylic acids is 1. The van der Waals surface area contributed by atoms with Crippen molar-refractivity contribution in [3.63, 3.8) is 0 Å². The molecule has 0 aromatic heterocycles. The molecule has 0 fully saturated rings. The minimum absolute atomic E-state index is 0.00714. The lowest BCUT2D eigenvalue weighted by Gasteiger charge is -2.17. The fraction of sp³-hybridized carbons (Fsp3) is 0.900. The molecule has 0 heterocycles. The molecule has 2 unspecified atom stereocenters. The SMILES string of the molecule is CSCCC(C(=O)NCCP(=O)(O)C(C)C)S(=O)(=O)O. The van der Waals surface area contributed by atoms with Crippen LogP contribution in [0.5, 0.6) is 0 Å². The third-order valence-electron chi connectivity index (χ3n) is 2.77. The van der Waals surface area contributed by atoms with Gasteiger partial charge < -0.3 is 10.2 Å². The summed E-state index contributed by atoms with van der Waals surface area (Å²) in [4.78, 5) is 21.3. The molecular formula is C10H22NO6PS2. The Hall–Kier alpha value is -0.0800. The molecule has 20 heavy (non-hydrogen) atoms. The van der Waals surface area contributed by atoms with E-state index in [1.54, 1.807) is 20.1 Å². The molecule has 0 aliphatic heterocycles. The average molecular weight is 347 g/mol. The molecule has 0 aliphatic rings. The molecule has 0 saturated carbocycles. The predicted molar refractivity (Wildman–Crippen MR) is 81.2 cm³/mol. The second-order valence-electron chi connectivity index (χ2n) is 4.65. The lowest BCUT2D eigenvalue weighted by Crippen LogP contribution is -2.41. The molecule has 0 aromatic rings. The molecular weight excluding hydrogens is 325 g/mol. The van der Waals surface area contributed by atoms with Crippen LogP contribution >= 0.6 is 19.1 Å². The number of thioether (sulfide) groups is 1. The first-order valence-corrected chi connectivity index (χ1v) is 10.9. The standard InChI is InChI=1S/C10H22NO6PS2/c1-8(2)18(13,14)6-5-11-10(12)9(4-7-19-3)20(15,16)17/h8-9H,4-7H2,1-3H3,(H,11,12)(H,13,14)(H,15,16,17). The van der Waals surface area contributed by atoms with Gasteiger partial charge in [-0.15, -0.1) is 0 Å². The van der Waals surface area contributed by atoms with Gasteiger partial charge in [0.15, 0.2) is 5.25 Å². The highest BCUT2D eigenvalue weighted by molar-refractivity contribution is 7.98. The molecule has 10 heteroatoms. The van der Waals surface area contributed by atoms with E-state index in [-0.39, 0.29) is 19.1 Å². The topological polar surface area (TPSA) is 121 Å². The van der Waals surface area contributed by atoms with E-state index in [1.807, 2.05) is 0 Å². The van der Waals surface area contributed by atoms with Gasteiger partial charge in [0.1, 0.15) is 0 Å². The quantitative estimate of drug-likeness (QED) is 0.416. The van der Waals surface area contributed by atoms with E-state index in [1.165, 1.54) is 11.8 Å². The third-order valence-corrected chi connectivity index (χ3v) is 7.07. The van der Waals surface area contributed by atoms with Crippen molar-refractivity contribution in [2.45, 2.75) is 31.2 Å². The number of nitrogens with one attached hydrogen (secondary N) is 1. The van der Waals surface area contributed by atoms with Crippen LogP contribution < -0.4 is 5.32 Å². The van der Waals surface area contributed by atoms with Gasteiger partial charge in [-0.1, -0.05) is 13.8 Å². The van der Waals surface area contributed by atoms with Crippen LogP contribution in [-0.2, 0) is 19.5 Å². The Morgan fingerprint density at radius 3 is 2.35 bits per heavy atom. The highest BCUT2D eigenvalue weighted by Crippen LogP contribution is 2.44. The molecule has 0 aromatic carbocycles. The summed E-state index contributed by atoms with van der Waals surface area (Å²) in [6.07, 6.45) is 1.62. The van der Waals surface area contributed by atoms with Crippen LogP contribution in [0.25, 0.3) is 0 Å². The number of hydrogen-bond acceptors (Lipinski definition) is 5. The first kappa shape index (κ1) is 19.9. The van der Waals surface area contributed by atoms with Gasteiger partial charge in [-0.3, -0.25) is 13.9 Å². The second kappa shape index (κ2) is 8.38. The van der Waals surface area contributed by atoms with Gasteiger partial charge in [-0.05, 0) is 18.4 Å². The van der Waals surface area contributed by atoms with Crippen molar-refractivity contribution in [1.82, 2.24) is 5.32 Å². The fourth-order valence-corrected chi connectivity index (χ4v) is 3.69. The number of carbonyl (C=O) groups is 1. The Morgan fingerprint density at radius 1 is 1.40 bits per heavy atom. The fourth-order valence-electron chi connectivity index (χ4n) is 1.35. The predicted octanol–water partition coefficient (Wildman–Crippen LogP) is 0.791. The molecule has 0 bridgehead atoms. The summed E-state index contributed by atoms with van der Waals surface area (Å²) in [5.41, 5.74) is -0.423. The van der Waals surface area contributed by atoms with Crippen molar-refractivity contribution in [3.05, 3.63) is 0 Å². The van der Waals surface area contributed by atoms with Crippen molar-refractivity contribution >= 4 is 35.2 Å². The Bertz CT molecular complexity index is 464. The summed E-state index contributed by atoms with van der Waals surface area (Å²) >= 11 is 1.36. The maximum atomic E-state index is 11.7. The molecule has 0 radical (unpaired) electrons. The van der Waals surface area contributed by atoms with E-state index in [0.717, 1.165) is 0 Å². The zero-order valence-electron chi connectivity index (χ0n) is 11.8. The Morgan fingerprint density at radius 2 is 1.95 bits per heavy atom. The van der Waals surface area contributed by atoms with Gasteiger partial charge in [0.05, 0.1) is 0 Å². The molecule has 0 rings (SSSR count). The Labute approximate surface area is 124 Å². The van der Waals surface area contributed by atoms with E-state index < -0.39 is 34.3 Å². The molecule has 1 amide bonds. The van der Waals surface area contributed by atoms with Gasteiger partial charge in [0.2, 0.25) is 13.3 Å². The van der Waals surface area contributed by atoms with Gasteiger partial charge >= 0.3 is 0 Å². The van der Waals surface area contributed by atoms with Gasteiger partial charge in [-0.25, -0.2) is 0 Å². The minimum Gasteiger partial charge on any atom is -0.354 e. The normalized spacial score (nSPS) is 16.7. The molecule has 0 saturated heterocycles. The first-order chi connectivity index (χ1) is 9.02. The summed E-state index contributed by atoms with van der Waals surface area (Å²) in [6.45, 7) is 3.10. The van der Waals surface area contributed by atoms with Crippen molar-refractivity contribution in [2.24, 2.45) is 0 Å². The van der Waals surface area contributed by atoms with Crippen LogP contribution in [0.1, 0.15) is 20.3 Å². The van der Waals surface area contributed by atoms with Crippen molar-refractivity contribution < 1.29 is 27.2 Å². The highest BCUT2D eigenvalue weighted by atomic mass is 32.2. The van der Waals surface area contributed by atoms with Crippen LogP contribution in [0.2, 0.25) is 0 Å². The van der Waals surface area contributed by atoms with E-state index in [4.69, 9.17) is 4.55 Å². The number of amides is 1. The molecule has 120 valence electrons. The summed E-state index contributed by atoms with van der Waals surface area (Å²) in [5, 5.41) is 0.754. The smallest absolute Gasteiger partial charge is 0.276 e. The van der Waals surface area contributed by atoms with Crippen LogP contribution in [0.3, 0.4) is 0 Å². The lowest BCUT2D eigenvalue weighted by molar-refractivity contribution is -0.120. The molecule has 2 atom stereocenters. The van der Waals surface area contributed by atoms with Crippen LogP contribution in [-0.4, -0.2) is 59.4 Å². The molecule has 0 spiro atoms. The van der Waals surface area contributed by atoms with Crippen LogP contribution in [0.4, 0.5) is 0 Å². The molecule has 7 nitrogen and oxygen atoms in total. The van der Waals surface area contributed by atoms with E-state index >= 15 is 0 Å². The van der Waals surface area contributed by atoms with Crippen molar-refractivity contribution in [1.29, 1.82) is 0 Å². The average Bonchev–Trinajstić information content (AvgIpc) is 2.27. The second-order valence-corrected chi connectivity index (χ2v) is 10.2. The molecule has 3 N–H and O–H groups in total. The zero-order valence-corrected chi connectivity index (χ0v) is 14.3. The molecule has 0 aliphatic carbocycles. The zero-order chi connectivity index (χ0) is 16.0. The monoisotopic (exact) mass is 347 g/mol. The maximum Gasteiger partial charge on any atom is 0.276 e. The van der Waals surface area contributed by atoms with Crippen molar-refractivity contribution in [2.75, 3.05) is 24.7 Å². The minimum atomic E-state index is -4.48. The summed E-state index contributed by atoms with van der Waals surface area (Å²) < 4.78 is 42.9. The Kier molecular flexibility index (Phi) is 8.35. The summed E-state index contributed by atoms with van der Waals surface area (Å²) in [5.74, 6) is -0.437. The van der Waals surface area contributed by atoms with Crippen LogP contribution in [0.15, 0.2) is 0 Å². The summed E-state index contributed by atoms with van der Waals surface area (Å²) in [7, 11) is -7.82. The van der Waals surface area contributed by atoms with Crippen LogP contribution in [0, 0.1) is 0 Å². The summed E-state index contributed by atoms with van der Waals surface area (Å²) in [6, 6.07) is 0. The first-order valence-electron chi connectivity index (χ1n) is 6.06. The van der Waals surface area contributed by atoms with E-state index in [2.05, 4.69) is 5.32 Å². The van der Waals surface area contributed by atoms with Crippen molar-refractivity contribution in [3.8, 4) is 0 Å². The third kappa shape index (κ3) is 7.08. The lowest BCUT2D eigenvalue weighted by atomic mass is 10.3. The van der Waals surface area contributed by atoms with E-state index in [0.29, 0.717) is 5.75 Å². The highest BCUT2D eigenvalue weighted by Gasteiger charge is 2.31. The van der Waals surface area contributed by atoms with E-state index in [9.17, 15) is 22.7 Å². The van der Waals surface area contributed by atoms with Gasteiger partial charge in [0.25, 0.3) is 10.1 Å². The maximum absolute atomic E-state index is 11.7. The Balaban J connectivity index is 4.53. The number of rotatable bonds is 9. The number of hydrogen-bond donors (Lipinski definition) is 3.